The normalized spacial score (nSPS) is 17.5. The van der Waals surface area contributed by atoms with Crippen molar-refractivity contribution in [2.24, 2.45) is 0 Å². The van der Waals surface area contributed by atoms with Crippen LogP contribution in [0.4, 0.5) is 0 Å². The molecule has 0 aromatic rings. The lowest BCUT2D eigenvalue weighted by Crippen LogP contribution is -2.45. The van der Waals surface area contributed by atoms with Crippen LogP contribution in [-0.2, 0) is 14.4 Å². The predicted octanol–water partition coefficient (Wildman–Crippen LogP) is 0.191. The number of hydrogen-bond donors (Lipinski definition) is 3. The Morgan fingerprint density at radius 1 is 1.17 bits per heavy atom. The number of aliphatic carboxylic acids is 1. The van der Waals surface area contributed by atoms with Gasteiger partial charge in [-0.3, -0.25) is 9.59 Å². The van der Waals surface area contributed by atoms with Crippen molar-refractivity contribution in [1.29, 1.82) is 0 Å². The van der Waals surface area contributed by atoms with Crippen LogP contribution in [0.25, 0.3) is 0 Å². The molecule has 0 saturated heterocycles. The van der Waals surface area contributed by atoms with Crippen molar-refractivity contribution in [3.8, 4) is 0 Å². The van der Waals surface area contributed by atoms with Crippen LogP contribution in [0.3, 0.4) is 0 Å². The van der Waals surface area contributed by atoms with Crippen LogP contribution in [-0.4, -0.2) is 35.0 Å². The minimum Gasteiger partial charge on any atom is -0.478 e. The summed E-state index contributed by atoms with van der Waals surface area (Å²) in [6, 6.07) is -0.441. The average molecular weight is 254 g/mol. The summed E-state index contributed by atoms with van der Waals surface area (Å²) < 4.78 is 0. The van der Waals surface area contributed by atoms with Gasteiger partial charge in [0.25, 0.3) is 0 Å². The van der Waals surface area contributed by atoms with Crippen molar-refractivity contribution in [3.63, 3.8) is 0 Å². The first kappa shape index (κ1) is 14.2. The third-order valence-electron chi connectivity index (χ3n) is 2.89. The highest BCUT2D eigenvalue weighted by atomic mass is 16.4. The minimum absolute atomic E-state index is 0.0256. The summed E-state index contributed by atoms with van der Waals surface area (Å²) in [5.74, 6) is -1.92. The van der Waals surface area contributed by atoms with Crippen LogP contribution < -0.4 is 10.6 Å². The lowest BCUT2D eigenvalue weighted by atomic mass is 10.1. The fourth-order valence-electron chi connectivity index (χ4n) is 1.25. The Kier molecular flexibility index (Phi) is 4.47. The first-order chi connectivity index (χ1) is 8.32. The van der Waals surface area contributed by atoms with Crippen molar-refractivity contribution >= 4 is 17.8 Å². The standard InChI is InChI=1S/C12H18N2O4/c1-6(7(2)12(17)18)10(15)13-8(3)11(16)14-9-4-5-9/h8-9H,4-5H2,1-3H3,(H,13,15)(H,14,16)(H,17,18). The quantitative estimate of drug-likeness (QED) is 0.610. The molecule has 3 N–H and O–H groups in total. The highest BCUT2D eigenvalue weighted by molar-refractivity contribution is 6.02. The Labute approximate surface area is 105 Å². The van der Waals surface area contributed by atoms with Crippen molar-refractivity contribution in [2.45, 2.75) is 45.7 Å². The molecule has 100 valence electrons. The Morgan fingerprint density at radius 2 is 1.72 bits per heavy atom. The van der Waals surface area contributed by atoms with Crippen LogP contribution in [0, 0.1) is 0 Å². The third kappa shape index (κ3) is 3.87. The number of carboxylic acid groups (broad SMARTS) is 1. The Hall–Kier alpha value is -1.85. The molecular formula is C12H18N2O4. The first-order valence-corrected chi connectivity index (χ1v) is 5.85. The zero-order chi connectivity index (χ0) is 13.9. The molecule has 0 aromatic carbocycles. The second kappa shape index (κ2) is 5.66. The van der Waals surface area contributed by atoms with Crippen molar-refractivity contribution in [2.75, 3.05) is 0 Å². The number of carbonyl (C=O) groups is 3. The van der Waals surface area contributed by atoms with Crippen molar-refractivity contribution in [1.82, 2.24) is 10.6 Å². The van der Waals surface area contributed by atoms with E-state index in [4.69, 9.17) is 5.11 Å². The lowest BCUT2D eigenvalue weighted by molar-refractivity contribution is -0.133. The Balaban J connectivity index is 2.55. The van der Waals surface area contributed by atoms with Gasteiger partial charge in [0.15, 0.2) is 0 Å². The predicted molar refractivity (Wildman–Crippen MR) is 64.8 cm³/mol. The maximum atomic E-state index is 11.7. The topological polar surface area (TPSA) is 95.5 Å². The third-order valence-corrected chi connectivity index (χ3v) is 2.89. The van der Waals surface area contributed by atoms with Gasteiger partial charge in [-0.15, -0.1) is 0 Å². The molecule has 2 amide bonds. The maximum Gasteiger partial charge on any atom is 0.331 e. The second-order valence-corrected chi connectivity index (χ2v) is 4.53. The van der Waals surface area contributed by atoms with Gasteiger partial charge in [-0.25, -0.2) is 4.79 Å². The summed E-state index contributed by atoms with van der Waals surface area (Å²) in [4.78, 5) is 34.0. The molecule has 0 aromatic heterocycles. The van der Waals surface area contributed by atoms with Gasteiger partial charge in [0.1, 0.15) is 6.04 Å². The minimum atomic E-state index is -1.14. The fraction of sp³-hybridized carbons (Fsp3) is 0.583. The van der Waals surface area contributed by atoms with E-state index < -0.39 is 17.9 Å². The molecule has 0 radical (unpaired) electrons. The molecule has 1 aliphatic rings. The van der Waals surface area contributed by atoms with Gasteiger partial charge < -0.3 is 15.7 Å². The smallest absolute Gasteiger partial charge is 0.331 e. The molecule has 1 saturated carbocycles. The largest absolute Gasteiger partial charge is 0.478 e. The molecule has 1 aliphatic carbocycles. The number of amides is 2. The molecule has 6 heteroatoms. The average Bonchev–Trinajstić information content (AvgIpc) is 3.10. The summed E-state index contributed by atoms with van der Waals surface area (Å²) in [5.41, 5.74) is 0.0795. The van der Waals surface area contributed by atoms with Crippen molar-refractivity contribution in [3.05, 3.63) is 11.1 Å². The van der Waals surface area contributed by atoms with E-state index >= 15 is 0 Å². The van der Waals surface area contributed by atoms with Gasteiger partial charge in [-0.1, -0.05) is 0 Å². The SMILES string of the molecule is CC(C(=O)O)=C(C)C(=O)NC(C)C(=O)NC1CC1. The number of nitrogens with one attached hydrogen (secondary N) is 2. The van der Waals surface area contributed by atoms with Gasteiger partial charge in [0.05, 0.1) is 0 Å². The van der Waals surface area contributed by atoms with Crippen LogP contribution in [0.15, 0.2) is 11.1 Å². The molecule has 1 unspecified atom stereocenters. The van der Waals surface area contributed by atoms with E-state index in [1.54, 1.807) is 6.92 Å². The van der Waals surface area contributed by atoms with Gasteiger partial charge in [-0.05, 0) is 33.6 Å². The van der Waals surface area contributed by atoms with Crippen molar-refractivity contribution < 1.29 is 19.5 Å². The molecule has 1 rings (SSSR count). The summed E-state index contributed by atoms with van der Waals surface area (Å²) in [7, 11) is 0. The van der Waals surface area contributed by atoms with E-state index in [1.807, 2.05) is 0 Å². The van der Waals surface area contributed by atoms with E-state index in [-0.39, 0.29) is 23.1 Å². The highest BCUT2D eigenvalue weighted by Gasteiger charge is 2.26. The summed E-state index contributed by atoms with van der Waals surface area (Å²) in [6.07, 6.45) is 1.95. The van der Waals surface area contributed by atoms with Crippen LogP contribution in [0.1, 0.15) is 33.6 Å². The molecule has 0 bridgehead atoms. The zero-order valence-electron chi connectivity index (χ0n) is 10.7. The van der Waals surface area contributed by atoms with E-state index in [9.17, 15) is 14.4 Å². The second-order valence-electron chi connectivity index (χ2n) is 4.53. The zero-order valence-corrected chi connectivity index (χ0v) is 10.7. The van der Waals surface area contributed by atoms with E-state index in [2.05, 4.69) is 10.6 Å². The van der Waals surface area contributed by atoms with Gasteiger partial charge >= 0.3 is 5.97 Å². The monoisotopic (exact) mass is 254 g/mol. The summed E-state index contributed by atoms with van der Waals surface area (Å²) in [5, 5.41) is 14.0. The summed E-state index contributed by atoms with van der Waals surface area (Å²) in [6.45, 7) is 4.34. The van der Waals surface area contributed by atoms with Gasteiger partial charge in [-0.2, -0.15) is 0 Å². The van der Waals surface area contributed by atoms with Gasteiger partial charge in [0, 0.05) is 17.2 Å². The molecule has 18 heavy (non-hydrogen) atoms. The number of carboxylic acids is 1. The molecule has 1 atom stereocenters. The van der Waals surface area contributed by atoms with E-state index in [1.165, 1.54) is 13.8 Å². The van der Waals surface area contributed by atoms with Crippen LogP contribution in [0.2, 0.25) is 0 Å². The fourth-order valence-corrected chi connectivity index (χ4v) is 1.25. The molecule has 6 nitrogen and oxygen atoms in total. The molecule has 0 spiro atoms. The molecule has 0 heterocycles. The van der Waals surface area contributed by atoms with E-state index in [0.29, 0.717) is 0 Å². The molecule has 1 fully saturated rings. The maximum absolute atomic E-state index is 11.7. The Morgan fingerprint density at radius 3 is 2.17 bits per heavy atom. The number of hydrogen-bond acceptors (Lipinski definition) is 3. The summed E-state index contributed by atoms with van der Waals surface area (Å²) >= 11 is 0. The molecular weight excluding hydrogens is 236 g/mol. The lowest BCUT2D eigenvalue weighted by Gasteiger charge is -2.14. The highest BCUT2D eigenvalue weighted by Crippen LogP contribution is 2.18. The molecule has 0 aliphatic heterocycles. The van der Waals surface area contributed by atoms with Crippen LogP contribution in [0.5, 0.6) is 0 Å². The Bertz CT molecular complexity index is 410. The first-order valence-electron chi connectivity index (χ1n) is 5.85. The van der Waals surface area contributed by atoms with E-state index in [0.717, 1.165) is 12.8 Å². The van der Waals surface area contributed by atoms with Crippen LogP contribution >= 0.6 is 0 Å². The number of carbonyl (C=O) groups excluding carboxylic acids is 2. The number of rotatable bonds is 5. The van der Waals surface area contributed by atoms with Gasteiger partial charge in [0.2, 0.25) is 11.8 Å².